The molecule has 0 aliphatic carbocycles. The number of sulfonamides is 1. The van der Waals surface area contributed by atoms with Crippen molar-refractivity contribution < 1.29 is 30.7 Å². The predicted octanol–water partition coefficient (Wildman–Crippen LogP) is 7.30. The standard InChI is InChI=1S/C29H24ClF4N3O3S/c1-19(28-24(30)6-3-7-25(28)31)14-20-8-9-27-26(15-20)37(17-22(40-27)10-12-36-13-11-35-18-36)41(38,39)23-5-2-4-21(16-23)29(32,33)34/h2-9,11,13-16,18,22H,10,12,17H2,1H3/t22-/m0/s1. The molecule has 4 aromatic rings. The second kappa shape index (κ2) is 11.2. The lowest BCUT2D eigenvalue weighted by molar-refractivity contribution is -0.137. The molecular formula is C29H24ClF4N3O3S. The number of halogens is 5. The topological polar surface area (TPSA) is 64.4 Å². The number of aromatic nitrogens is 2. The molecule has 0 N–H and O–H groups in total. The van der Waals surface area contributed by atoms with Gasteiger partial charge in [0.2, 0.25) is 0 Å². The molecule has 1 aliphatic rings. The van der Waals surface area contributed by atoms with E-state index in [0.29, 0.717) is 30.2 Å². The highest BCUT2D eigenvalue weighted by molar-refractivity contribution is 7.92. The number of fused-ring (bicyclic) bond motifs is 1. The minimum Gasteiger partial charge on any atom is -0.486 e. The third kappa shape index (κ3) is 6.11. The van der Waals surface area contributed by atoms with E-state index in [9.17, 15) is 26.0 Å². The zero-order valence-corrected chi connectivity index (χ0v) is 23.2. The van der Waals surface area contributed by atoms with Gasteiger partial charge in [-0.05, 0) is 60.5 Å². The molecule has 0 amide bonds. The number of hydrogen-bond donors (Lipinski definition) is 0. The van der Waals surface area contributed by atoms with Crippen molar-refractivity contribution in [2.24, 2.45) is 0 Å². The SMILES string of the molecule is CC(=Cc1ccc2c(c1)N(S(=O)(=O)c1cccc(C(F)(F)F)c1)C[C@H](CCn1ccnc1)O2)c1c(F)cccc1Cl. The van der Waals surface area contributed by atoms with E-state index in [1.54, 1.807) is 56.0 Å². The van der Waals surface area contributed by atoms with Gasteiger partial charge in [-0.1, -0.05) is 35.9 Å². The normalized spacial score (nSPS) is 15.9. The number of hydrogen-bond acceptors (Lipinski definition) is 4. The van der Waals surface area contributed by atoms with Gasteiger partial charge < -0.3 is 9.30 Å². The number of alkyl halides is 3. The Kier molecular flexibility index (Phi) is 7.85. The minimum atomic E-state index is -4.72. The van der Waals surface area contributed by atoms with Gasteiger partial charge >= 0.3 is 6.18 Å². The van der Waals surface area contributed by atoms with Crippen molar-refractivity contribution in [3.05, 3.63) is 107 Å². The van der Waals surface area contributed by atoms with Gasteiger partial charge in [-0.3, -0.25) is 4.31 Å². The van der Waals surface area contributed by atoms with Gasteiger partial charge in [0.1, 0.15) is 17.7 Å². The molecule has 0 spiro atoms. The van der Waals surface area contributed by atoms with E-state index in [2.05, 4.69) is 4.98 Å². The molecule has 0 fully saturated rings. The van der Waals surface area contributed by atoms with E-state index in [4.69, 9.17) is 16.3 Å². The quantitative estimate of drug-likeness (QED) is 0.164. The van der Waals surface area contributed by atoms with Crippen LogP contribution in [0.2, 0.25) is 5.02 Å². The molecule has 41 heavy (non-hydrogen) atoms. The van der Waals surface area contributed by atoms with Crippen LogP contribution >= 0.6 is 11.6 Å². The average molecular weight is 606 g/mol. The smallest absolute Gasteiger partial charge is 0.416 e. The van der Waals surface area contributed by atoms with Crippen LogP contribution in [-0.4, -0.2) is 30.6 Å². The van der Waals surface area contributed by atoms with Crippen LogP contribution in [0, 0.1) is 5.82 Å². The summed E-state index contributed by atoms with van der Waals surface area (Å²) in [6, 6.07) is 12.8. The Balaban J connectivity index is 1.56. The Labute approximate surface area is 239 Å². The van der Waals surface area contributed by atoms with E-state index in [1.165, 1.54) is 12.1 Å². The lowest BCUT2D eigenvalue weighted by atomic mass is 10.0. The summed E-state index contributed by atoms with van der Waals surface area (Å²) >= 11 is 6.21. The van der Waals surface area contributed by atoms with Crippen LogP contribution in [0.5, 0.6) is 5.75 Å². The third-order valence-corrected chi connectivity index (χ3v) is 8.76. The molecular weight excluding hydrogens is 582 g/mol. The maximum Gasteiger partial charge on any atom is 0.416 e. The highest BCUT2D eigenvalue weighted by Gasteiger charge is 2.37. The number of nitrogens with zero attached hydrogens (tertiary/aromatic N) is 3. The van der Waals surface area contributed by atoms with Crippen LogP contribution in [0.1, 0.15) is 30.0 Å². The number of rotatable bonds is 7. The second-order valence-electron chi connectivity index (χ2n) is 9.54. The van der Waals surface area contributed by atoms with Gasteiger partial charge in [-0.15, -0.1) is 0 Å². The van der Waals surface area contributed by atoms with Crippen molar-refractivity contribution in [2.75, 3.05) is 10.8 Å². The fraction of sp³-hybridized carbons (Fsp3) is 0.207. The van der Waals surface area contributed by atoms with Gasteiger partial charge in [-0.25, -0.2) is 17.8 Å². The summed E-state index contributed by atoms with van der Waals surface area (Å²) in [5.74, 6) is -0.261. The molecule has 0 saturated heterocycles. The third-order valence-electron chi connectivity index (χ3n) is 6.67. The summed E-state index contributed by atoms with van der Waals surface area (Å²) in [5, 5.41) is 0.217. The van der Waals surface area contributed by atoms with Crippen molar-refractivity contribution >= 4 is 39.0 Å². The molecule has 0 unspecified atom stereocenters. The second-order valence-corrected chi connectivity index (χ2v) is 11.8. The van der Waals surface area contributed by atoms with Crippen molar-refractivity contribution in [2.45, 2.75) is 37.1 Å². The first-order valence-corrected chi connectivity index (χ1v) is 14.3. The van der Waals surface area contributed by atoms with E-state index >= 15 is 0 Å². The number of benzene rings is 3. The van der Waals surface area contributed by atoms with E-state index in [-0.39, 0.29) is 28.6 Å². The van der Waals surface area contributed by atoms with Gasteiger partial charge in [0.15, 0.2) is 0 Å². The lowest BCUT2D eigenvalue weighted by Crippen LogP contribution is -2.44. The van der Waals surface area contributed by atoms with E-state index < -0.39 is 38.6 Å². The molecule has 1 aromatic heterocycles. The molecule has 6 nitrogen and oxygen atoms in total. The van der Waals surface area contributed by atoms with Crippen LogP contribution in [0.3, 0.4) is 0 Å². The average Bonchev–Trinajstić information content (AvgIpc) is 3.45. The van der Waals surface area contributed by atoms with Crippen LogP contribution in [0.4, 0.5) is 23.2 Å². The molecule has 2 heterocycles. The maximum atomic E-state index is 14.5. The zero-order chi connectivity index (χ0) is 29.4. The summed E-state index contributed by atoms with van der Waals surface area (Å²) in [7, 11) is -4.44. The lowest BCUT2D eigenvalue weighted by Gasteiger charge is -2.36. The number of ether oxygens (including phenoxy) is 1. The molecule has 1 atom stereocenters. The van der Waals surface area contributed by atoms with E-state index in [1.807, 2.05) is 4.57 Å². The predicted molar refractivity (Wildman–Crippen MR) is 149 cm³/mol. The van der Waals surface area contributed by atoms with Gasteiger partial charge in [-0.2, -0.15) is 13.2 Å². The summed E-state index contributed by atoms with van der Waals surface area (Å²) in [4.78, 5) is 3.50. The highest BCUT2D eigenvalue weighted by Crippen LogP contribution is 2.40. The van der Waals surface area contributed by atoms with Crippen LogP contribution in [0.15, 0.2) is 84.3 Å². The zero-order valence-electron chi connectivity index (χ0n) is 21.6. The number of anilines is 1. The Morgan fingerprint density at radius 3 is 2.63 bits per heavy atom. The van der Waals surface area contributed by atoms with Crippen LogP contribution in [0.25, 0.3) is 11.6 Å². The van der Waals surface area contributed by atoms with Gasteiger partial charge in [0, 0.05) is 30.9 Å². The summed E-state index contributed by atoms with van der Waals surface area (Å²) in [6.07, 6.45) is 1.75. The van der Waals surface area contributed by atoms with Crippen molar-refractivity contribution in [1.29, 1.82) is 0 Å². The highest BCUT2D eigenvalue weighted by atomic mass is 35.5. The van der Waals surface area contributed by atoms with Crippen molar-refractivity contribution in [3.8, 4) is 5.75 Å². The van der Waals surface area contributed by atoms with Gasteiger partial charge in [0.25, 0.3) is 10.0 Å². The van der Waals surface area contributed by atoms with Crippen LogP contribution < -0.4 is 9.04 Å². The Morgan fingerprint density at radius 1 is 1.15 bits per heavy atom. The maximum absolute atomic E-state index is 14.5. The molecule has 5 rings (SSSR count). The molecule has 0 bridgehead atoms. The van der Waals surface area contributed by atoms with Gasteiger partial charge in [0.05, 0.1) is 34.0 Å². The summed E-state index contributed by atoms with van der Waals surface area (Å²) < 4.78 is 91.5. The Hall–Kier alpha value is -3.83. The first-order chi connectivity index (χ1) is 19.4. The van der Waals surface area contributed by atoms with Crippen LogP contribution in [-0.2, 0) is 22.7 Å². The number of allylic oxidation sites excluding steroid dienone is 1. The molecule has 12 heteroatoms. The Bertz CT molecular complexity index is 1690. The molecule has 1 aliphatic heterocycles. The molecule has 214 valence electrons. The number of aryl methyl sites for hydroxylation is 1. The summed E-state index contributed by atoms with van der Waals surface area (Å²) in [5.41, 5.74) is 0.303. The fourth-order valence-electron chi connectivity index (χ4n) is 4.67. The van der Waals surface area contributed by atoms with Crippen molar-refractivity contribution in [3.63, 3.8) is 0 Å². The molecule has 0 saturated carbocycles. The first kappa shape index (κ1) is 28.7. The van der Waals surface area contributed by atoms with Crippen molar-refractivity contribution in [1.82, 2.24) is 9.55 Å². The molecule has 3 aromatic carbocycles. The largest absolute Gasteiger partial charge is 0.486 e. The summed E-state index contributed by atoms with van der Waals surface area (Å²) in [6.45, 7) is 2.02. The van der Waals surface area contributed by atoms with E-state index in [0.717, 1.165) is 22.5 Å². The fourth-order valence-corrected chi connectivity index (χ4v) is 6.52. The molecule has 0 radical (unpaired) electrons. The monoisotopic (exact) mass is 605 g/mol. The minimum absolute atomic E-state index is 0.133. The number of imidazole rings is 1. The first-order valence-electron chi connectivity index (χ1n) is 12.5. The Morgan fingerprint density at radius 2 is 1.93 bits per heavy atom.